The van der Waals surface area contributed by atoms with Gasteiger partial charge in [0.05, 0.1) is 22.0 Å². The minimum absolute atomic E-state index is 0.0311. The Morgan fingerprint density at radius 1 is 0.884 bits per heavy atom. The first kappa shape index (κ1) is 28.6. The van der Waals surface area contributed by atoms with Crippen molar-refractivity contribution in [1.82, 2.24) is 29.0 Å². The summed E-state index contributed by atoms with van der Waals surface area (Å²) in [6, 6.07) is 22.3. The van der Waals surface area contributed by atoms with Gasteiger partial charge in [0.15, 0.2) is 5.13 Å². The van der Waals surface area contributed by atoms with Crippen molar-refractivity contribution in [3.8, 4) is 17.2 Å². The van der Waals surface area contributed by atoms with Crippen molar-refractivity contribution < 1.29 is 16.8 Å². The fourth-order valence-corrected chi connectivity index (χ4v) is 7.27. The zero-order chi connectivity index (χ0) is 30.2. The molecule has 218 valence electrons. The number of anilines is 1. The molecule has 0 spiro atoms. The van der Waals surface area contributed by atoms with E-state index in [1.54, 1.807) is 48.0 Å². The van der Waals surface area contributed by atoms with E-state index < -0.39 is 20.0 Å². The molecule has 3 heterocycles. The van der Waals surface area contributed by atoms with Crippen LogP contribution in [0.15, 0.2) is 106 Å². The Bertz CT molecular complexity index is 2130. The van der Waals surface area contributed by atoms with Gasteiger partial charge in [-0.3, -0.25) is 9.71 Å². The SMILES string of the molecule is Cc1ccc(S(=O)(=O)N(C)Cc2nc(-c3cc4ccccc4cn3)nn2-c2ccc(S(=O)(=O)Nc3nccs3)cc2)cc1. The molecular formula is C29H25N7O4S3. The standard InChI is InChI=1S/C29H25N7O4S3/c1-20-7-11-25(12-8-20)43(39,40)35(2)19-27-32-28(26-17-21-5-3-4-6-22(21)18-31-26)33-36(27)23-9-13-24(14-10-23)42(37,38)34-29-30-15-16-41-29/h3-18H,19H2,1-2H3,(H,30,34). The fourth-order valence-electron chi connectivity index (χ4n) is 4.36. The van der Waals surface area contributed by atoms with Gasteiger partial charge >= 0.3 is 0 Å². The first-order chi connectivity index (χ1) is 20.6. The van der Waals surface area contributed by atoms with Gasteiger partial charge in [-0.05, 0) is 54.8 Å². The molecule has 0 amide bonds. The maximum absolute atomic E-state index is 13.4. The Hall–Kier alpha value is -4.50. The molecule has 3 aromatic carbocycles. The number of aromatic nitrogens is 5. The number of aryl methyl sites for hydroxylation is 1. The molecule has 0 saturated heterocycles. The third kappa shape index (κ3) is 5.90. The molecule has 0 aliphatic heterocycles. The molecule has 0 unspecified atom stereocenters. The van der Waals surface area contributed by atoms with Crippen molar-refractivity contribution in [1.29, 1.82) is 0 Å². The number of benzene rings is 3. The first-order valence-corrected chi connectivity index (χ1v) is 16.8. The monoisotopic (exact) mass is 631 g/mol. The van der Waals surface area contributed by atoms with Gasteiger partial charge in [-0.15, -0.1) is 16.4 Å². The minimum atomic E-state index is -3.87. The van der Waals surface area contributed by atoms with Gasteiger partial charge in [-0.1, -0.05) is 42.0 Å². The van der Waals surface area contributed by atoms with E-state index in [0.717, 1.165) is 16.3 Å². The molecule has 0 saturated carbocycles. The summed E-state index contributed by atoms with van der Waals surface area (Å²) in [6.07, 6.45) is 3.24. The summed E-state index contributed by atoms with van der Waals surface area (Å²) >= 11 is 1.17. The summed E-state index contributed by atoms with van der Waals surface area (Å²) in [4.78, 5) is 13.4. The highest BCUT2D eigenvalue weighted by molar-refractivity contribution is 7.93. The Labute approximate surface area is 252 Å². The van der Waals surface area contributed by atoms with E-state index in [9.17, 15) is 16.8 Å². The van der Waals surface area contributed by atoms with Crippen LogP contribution in [0.4, 0.5) is 5.13 Å². The summed E-state index contributed by atoms with van der Waals surface area (Å²) in [6.45, 7) is 1.78. The molecule has 14 heteroatoms. The van der Waals surface area contributed by atoms with E-state index in [-0.39, 0.29) is 21.5 Å². The molecular weight excluding hydrogens is 607 g/mol. The van der Waals surface area contributed by atoms with E-state index in [1.165, 1.54) is 45.7 Å². The van der Waals surface area contributed by atoms with E-state index in [4.69, 9.17) is 4.98 Å². The number of hydrogen-bond acceptors (Lipinski definition) is 9. The highest BCUT2D eigenvalue weighted by Gasteiger charge is 2.25. The summed E-state index contributed by atoms with van der Waals surface area (Å²) in [7, 11) is -6.24. The van der Waals surface area contributed by atoms with Crippen LogP contribution in [0.3, 0.4) is 0 Å². The molecule has 11 nitrogen and oxygen atoms in total. The lowest BCUT2D eigenvalue weighted by atomic mass is 10.1. The van der Waals surface area contributed by atoms with Gasteiger partial charge < -0.3 is 0 Å². The third-order valence-corrected chi connectivity index (χ3v) is 10.7. The number of pyridine rings is 1. The molecule has 0 aliphatic carbocycles. The predicted octanol–water partition coefficient (Wildman–Crippen LogP) is 4.87. The van der Waals surface area contributed by atoms with E-state index in [1.807, 2.05) is 37.3 Å². The fraction of sp³-hybridized carbons (Fsp3) is 0.103. The van der Waals surface area contributed by atoms with Crippen LogP contribution in [0.2, 0.25) is 0 Å². The van der Waals surface area contributed by atoms with Crippen LogP contribution in [-0.2, 0) is 26.6 Å². The van der Waals surface area contributed by atoms with Crippen molar-refractivity contribution in [3.63, 3.8) is 0 Å². The number of thiazole rings is 1. The van der Waals surface area contributed by atoms with Gasteiger partial charge in [0.1, 0.15) is 11.5 Å². The minimum Gasteiger partial charge on any atom is -0.255 e. The normalized spacial score (nSPS) is 12.2. The van der Waals surface area contributed by atoms with Crippen molar-refractivity contribution >= 4 is 47.3 Å². The maximum Gasteiger partial charge on any atom is 0.263 e. The second-order valence-electron chi connectivity index (χ2n) is 9.69. The molecule has 3 aromatic heterocycles. The lowest BCUT2D eigenvalue weighted by Gasteiger charge is -2.17. The number of sulfonamides is 2. The molecule has 0 aliphatic rings. The smallest absolute Gasteiger partial charge is 0.255 e. The summed E-state index contributed by atoms with van der Waals surface area (Å²) in [5.74, 6) is 0.615. The van der Waals surface area contributed by atoms with Crippen LogP contribution in [0.5, 0.6) is 0 Å². The second-order valence-corrected chi connectivity index (χ2v) is 14.3. The number of hydrogen-bond donors (Lipinski definition) is 1. The lowest BCUT2D eigenvalue weighted by Crippen LogP contribution is -2.28. The Morgan fingerprint density at radius 2 is 1.58 bits per heavy atom. The topological polar surface area (TPSA) is 140 Å². The lowest BCUT2D eigenvalue weighted by molar-refractivity contribution is 0.452. The van der Waals surface area contributed by atoms with Gasteiger partial charge in [0.2, 0.25) is 15.8 Å². The van der Waals surface area contributed by atoms with Gasteiger partial charge in [0.25, 0.3) is 10.0 Å². The average molecular weight is 632 g/mol. The first-order valence-electron chi connectivity index (χ1n) is 13.0. The summed E-state index contributed by atoms with van der Waals surface area (Å²) in [5, 5.41) is 8.51. The van der Waals surface area contributed by atoms with Crippen LogP contribution in [0.25, 0.3) is 28.0 Å². The molecule has 6 aromatic rings. The van der Waals surface area contributed by atoms with Crippen LogP contribution in [0.1, 0.15) is 11.4 Å². The molecule has 0 atom stereocenters. The Morgan fingerprint density at radius 3 is 2.28 bits per heavy atom. The number of rotatable bonds is 9. The van der Waals surface area contributed by atoms with Crippen molar-refractivity contribution in [2.75, 3.05) is 11.8 Å². The van der Waals surface area contributed by atoms with Crippen molar-refractivity contribution in [2.24, 2.45) is 0 Å². The number of nitrogens with zero attached hydrogens (tertiary/aromatic N) is 6. The zero-order valence-corrected chi connectivity index (χ0v) is 25.4. The van der Waals surface area contributed by atoms with Gasteiger partial charge in [-0.25, -0.2) is 31.5 Å². The molecule has 1 N–H and O–H groups in total. The van der Waals surface area contributed by atoms with Crippen LogP contribution in [0, 0.1) is 6.92 Å². The summed E-state index contributed by atoms with van der Waals surface area (Å²) < 4.78 is 57.6. The highest BCUT2D eigenvalue weighted by atomic mass is 32.2. The predicted molar refractivity (Wildman–Crippen MR) is 165 cm³/mol. The largest absolute Gasteiger partial charge is 0.263 e. The van der Waals surface area contributed by atoms with Gasteiger partial charge in [-0.2, -0.15) is 4.31 Å². The average Bonchev–Trinajstić information content (AvgIpc) is 3.67. The van der Waals surface area contributed by atoms with E-state index >= 15 is 0 Å². The molecule has 0 fully saturated rings. The molecule has 6 rings (SSSR count). The van der Waals surface area contributed by atoms with Crippen molar-refractivity contribution in [3.05, 3.63) is 108 Å². The molecule has 43 heavy (non-hydrogen) atoms. The van der Waals surface area contributed by atoms with E-state index in [2.05, 4.69) is 19.8 Å². The van der Waals surface area contributed by atoms with Crippen LogP contribution >= 0.6 is 11.3 Å². The Balaban J connectivity index is 1.38. The van der Waals surface area contributed by atoms with Crippen LogP contribution in [-0.4, -0.2) is 52.9 Å². The highest BCUT2D eigenvalue weighted by Crippen LogP contribution is 2.25. The molecule has 0 radical (unpaired) electrons. The van der Waals surface area contributed by atoms with Crippen molar-refractivity contribution in [2.45, 2.75) is 23.3 Å². The van der Waals surface area contributed by atoms with Gasteiger partial charge in [0, 0.05) is 30.2 Å². The van der Waals surface area contributed by atoms with E-state index in [0.29, 0.717) is 23.0 Å². The quantitative estimate of drug-likeness (QED) is 0.238. The third-order valence-electron chi connectivity index (χ3n) is 6.67. The number of fused-ring (bicyclic) bond motifs is 1. The number of nitrogens with one attached hydrogen (secondary N) is 1. The summed E-state index contributed by atoms with van der Waals surface area (Å²) in [5.41, 5.74) is 1.94. The maximum atomic E-state index is 13.4. The second kappa shape index (κ2) is 11.3. The van der Waals surface area contributed by atoms with Crippen LogP contribution < -0.4 is 4.72 Å². The Kier molecular flexibility index (Phi) is 7.52. The zero-order valence-electron chi connectivity index (χ0n) is 23.0. The molecule has 0 bridgehead atoms.